The smallest absolute Gasteiger partial charge is 0.271 e. The lowest BCUT2D eigenvalue weighted by Crippen LogP contribution is -2.45. The quantitative estimate of drug-likeness (QED) is 0.154. The fraction of sp³-hybridized carbons (Fsp3) is 0.276. The maximum Gasteiger partial charge on any atom is 0.271 e. The van der Waals surface area contributed by atoms with Crippen LogP contribution in [0, 0.1) is 20.2 Å². The molecule has 0 aliphatic carbocycles. The number of tetrazole rings is 2. The van der Waals surface area contributed by atoms with E-state index in [9.17, 15) is 25.0 Å². The number of nitro groups is 2. The third-order valence-electron chi connectivity index (χ3n) is 7.46. The van der Waals surface area contributed by atoms with E-state index in [1.165, 1.54) is 35.0 Å². The van der Waals surface area contributed by atoms with E-state index in [-0.39, 0.29) is 23.4 Å². The number of nitrogens with two attached hydrogens (primary N) is 1. The number of benzene rings is 3. The normalized spacial score (nSPS) is 16.7. The van der Waals surface area contributed by atoms with Crippen LogP contribution in [-0.2, 0) is 10.4 Å². The Balaban J connectivity index is 0.000000128. The third kappa shape index (κ3) is 6.08. The molecule has 0 radical (unpaired) electrons. The molecule has 0 spiro atoms. The monoisotopic (exact) mass is 672 g/mol. The van der Waals surface area contributed by atoms with E-state index in [0.29, 0.717) is 40.2 Å². The van der Waals surface area contributed by atoms with E-state index in [0.717, 1.165) is 11.4 Å². The summed E-state index contributed by atoms with van der Waals surface area (Å²) in [6.45, 7) is 8.83. The first-order valence-corrected chi connectivity index (χ1v) is 14.5. The largest absolute Gasteiger partial charge is 0.480 e. The molecular weight excluding hydrogens is 644 g/mol. The minimum atomic E-state index is -0.955. The Bertz CT molecular complexity index is 2130. The van der Waals surface area contributed by atoms with Crippen molar-refractivity contribution >= 4 is 28.7 Å². The molecule has 20 heteroatoms. The average Bonchev–Trinajstić information content (AvgIpc) is 3.74. The van der Waals surface area contributed by atoms with E-state index in [2.05, 4.69) is 36.4 Å². The van der Waals surface area contributed by atoms with Gasteiger partial charge in [-0.25, -0.2) is 0 Å². The van der Waals surface area contributed by atoms with Gasteiger partial charge in [-0.15, -0.1) is 10.2 Å². The zero-order valence-corrected chi connectivity index (χ0v) is 26.6. The van der Waals surface area contributed by atoms with Gasteiger partial charge >= 0.3 is 0 Å². The predicted molar refractivity (Wildman–Crippen MR) is 169 cm³/mol. The van der Waals surface area contributed by atoms with Gasteiger partial charge in [-0.2, -0.15) is 9.36 Å². The summed E-state index contributed by atoms with van der Waals surface area (Å²) < 4.78 is 20.0. The highest BCUT2D eigenvalue weighted by Crippen LogP contribution is 2.39. The Kier molecular flexibility index (Phi) is 7.77. The van der Waals surface area contributed by atoms with Gasteiger partial charge in [0.05, 0.1) is 15.5 Å². The molecule has 8 rings (SSSR count). The minimum absolute atomic E-state index is 0.0292. The fourth-order valence-corrected chi connectivity index (χ4v) is 4.99. The van der Waals surface area contributed by atoms with Gasteiger partial charge in [-0.05, 0) is 85.8 Å². The van der Waals surface area contributed by atoms with Crippen LogP contribution in [0.1, 0.15) is 52.4 Å². The molecule has 2 aromatic heterocycles. The van der Waals surface area contributed by atoms with Crippen LogP contribution in [0.2, 0.25) is 0 Å². The van der Waals surface area contributed by atoms with Gasteiger partial charge in [0.2, 0.25) is 0 Å². The van der Waals surface area contributed by atoms with Crippen molar-refractivity contribution in [1.29, 1.82) is 0 Å². The van der Waals surface area contributed by atoms with Crippen molar-refractivity contribution in [3.05, 3.63) is 86.5 Å². The number of rotatable bonds is 2. The van der Waals surface area contributed by atoms with Gasteiger partial charge in [0.1, 0.15) is 28.6 Å². The van der Waals surface area contributed by atoms with Crippen LogP contribution in [0.25, 0.3) is 11.4 Å². The van der Waals surface area contributed by atoms with Crippen molar-refractivity contribution in [3.63, 3.8) is 0 Å². The lowest BCUT2D eigenvalue weighted by Gasteiger charge is -2.31. The van der Waals surface area contributed by atoms with E-state index in [4.69, 9.17) is 19.9 Å². The van der Waals surface area contributed by atoms with Crippen LogP contribution in [0.3, 0.4) is 0 Å². The second-order valence-electron chi connectivity index (χ2n) is 11.9. The molecule has 0 bridgehead atoms. The van der Waals surface area contributed by atoms with Gasteiger partial charge in [0, 0.05) is 30.0 Å². The molecule has 20 nitrogen and oxygen atoms in total. The Morgan fingerprint density at radius 1 is 0.796 bits per heavy atom. The van der Waals surface area contributed by atoms with Crippen molar-refractivity contribution in [2.45, 2.75) is 51.9 Å². The number of amides is 1. The molecule has 3 N–H and O–H groups in total. The van der Waals surface area contributed by atoms with Gasteiger partial charge in [-0.1, -0.05) is 0 Å². The topological polar surface area (TPSA) is 256 Å². The summed E-state index contributed by atoms with van der Waals surface area (Å²) in [5, 5.41) is 46.7. The van der Waals surface area contributed by atoms with Crippen LogP contribution in [0.5, 0.6) is 17.2 Å². The molecule has 3 aliphatic heterocycles. The number of nitrogens with zero attached hydrogens (tertiary/aromatic N) is 10. The highest BCUT2D eigenvalue weighted by molar-refractivity contribution is 6.00. The highest BCUT2D eigenvalue weighted by atomic mass is 16.6. The van der Waals surface area contributed by atoms with Gasteiger partial charge in [-0.3, -0.25) is 25.0 Å². The van der Waals surface area contributed by atoms with Crippen molar-refractivity contribution in [1.82, 2.24) is 40.4 Å². The SMILES string of the molecule is CC1(C)Oc2ccc([N+](=O)[O-])cc2-n2nnnc21.CC1(C)Oc2ccc([N+](=O)[O-])cc2NC1=O.CC1Oc2ccc(N)cc2-n2nnnc21. The number of non-ortho nitro benzene ring substituents is 2. The number of hydrogen-bond acceptors (Lipinski definition) is 15. The first-order chi connectivity index (χ1) is 23.1. The summed E-state index contributed by atoms with van der Waals surface area (Å²) in [6.07, 6.45) is -0.142. The first kappa shape index (κ1) is 32.2. The summed E-state index contributed by atoms with van der Waals surface area (Å²) in [5.74, 6) is 2.58. The van der Waals surface area contributed by atoms with Crippen molar-refractivity contribution < 1.29 is 28.9 Å². The third-order valence-corrected chi connectivity index (χ3v) is 7.46. The molecule has 0 saturated carbocycles. The Labute approximate surface area is 276 Å². The first-order valence-electron chi connectivity index (χ1n) is 14.5. The summed E-state index contributed by atoms with van der Waals surface area (Å²) in [7, 11) is 0. The number of hydrogen-bond donors (Lipinski definition) is 2. The standard InChI is InChI=1S/C10H9N5O3.C10H10N2O4.C9H9N5O/c1-10(2)9-11-12-13-14(9)7-5-6(15(16)17)3-4-8(7)18-10;1-10(2)9(13)11-7-5-6(12(14)15)3-4-8(7)16-10;1-5-9-11-12-13-14(9)7-4-6(10)2-3-8(7)15-5/h3-5H,1-2H3;3-5H,1-2H3,(H,11,13);2-5H,10H2,1H3. The Morgan fingerprint density at radius 2 is 1.39 bits per heavy atom. The number of ether oxygens (including phenoxy) is 3. The maximum atomic E-state index is 11.6. The van der Waals surface area contributed by atoms with Crippen molar-refractivity contribution in [2.24, 2.45) is 0 Å². The maximum absolute atomic E-state index is 11.6. The number of nitro benzene ring substituents is 2. The van der Waals surface area contributed by atoms with Crippen molar-refractivity contribution in [3.8, 4) is 28.6 Å². The lowest BCUT2D eigenvalue weighted by atomic mass is 10.1. The van der Waals surface area contributed by atoms with Crippen molar-refractivity contribution in [2.75, 3.05) is 11.1 Å². The Hall–Kier alpha value is -6.73. The molecule has 252 valence electrons. The minimum Gasteiger partial charge on any atom is -0.480 e. The van der Waals surface area contributed by atoms with Gasteiger partial charge in [0.15, 0.2) is 29.0 Å². The number of carbonyl (C=O) groups excluding carboxylic acids is 1. The number of aromatic nitrogens is 8. The average molecular weight is 673 g/mol. The predicted octanol–water partition coefficient (Wildman–Crippen LogP) is 3.60. The zero-order chi connectivity index (χ0) is 35.2. The molecule has 1 amide bonds. The summed E-state index contributed by atoms with van der Waals surface area (Å²) in [4.78, 5) is 31.9. The molecule has 1 atom stereocenters. The number of anilines is 2. The number of fused-ring (bicyclic) bond motifs is 7. The number of nitrogens with one attached hydrogen (secondary N) is 1. The van der Waals surface area contributed by atoms with Crippen LogP contribution in [-0.4, -0.2) is 61.8 Å². The molecule has 0 saturated heterocycles. The lowest BCUT2D eigenvalue weighted by molar-refractivity contribution is -0.385. The zero-order valence-electron chi connectivity index (χ0n) is 26.6. The molecule has 49 heavy (non-hydrogen) atoms. The molecule has 3 aliphatic rings. The van der Waals surface area contributed by atoms with Gasteiger partial charge in [0.25, 0.3) is 17.3 Å². The summed E-state index contributed by atoms with van der Waals surface area (Å²) in [5.41, 5.74) is 6.22. The molecule has 1 unspecified atom stereocenters. The highest BCUT2D eigenvalue weighted by Gasteiger charge is 2.37. The van der Waals surface area contributed by atoms with Crippen LogP contribution in [0.15, 0.2) is 54.6 Å². The van der Waals surface area contributed by atoms with Crippen LogP contribution >= 0.6 is 0 Å². The van der Waals surface area contributed by atoms with E-state index >= 15 is 0 Å². The number of nitrogen functional groups attached to an aromatic ring is 1. The van der Waals surface area contributed by atoms with Crippen LogP contribution in [0.4, 0.5) is 22.7 Å². The summed E-state index contributed by atoms with van der Waals surface area (Å²) >= 11 is 0. The number of carbonyl (C=O) groups is 1. The van der Waals surface area contributed by atoms with Gasteiger partial charge < -0.3 is 25.3 Å². The molecule has 0 fully saturated rings. The fourth-order valence-electron chi connectivity index (χ4n) is 4.99. The second-order valence-corrected chi connectivity index (χ2v) is 11.9. The molecule has 3 aromatic carbocycles. The van der Waals surface area contributed by atoms with Crippen LogP contribution < -0.4 is 25.3 Å². The Morgan fingerprint density at radius 3 is 2.10 bits per heavy atom. The molecule has 5 heterocycles. The summed E-state index contributed by atoms with van der Waals surface area (Å²) in [6, 6.07) is 13.9. The van der Waals surface area contributed by atoms with E-state index < -0.39 is 21.0 Å². The molecular formula is C29H28N12O8. The van der Waals surface area contributed by atoms with E-state index in [1.807, 2.05) is 26.8 Å². The van der Waals surface area contributed by atoms with E-state index in [1.54, 1.807) is 36.7 Å². The molecule has 5 aromatic rings. The second kappa shape index (κ2) is 11.8.